The molecule has 3 heteroatoms. The van der Waals surface area contributed by atoms with Crippen molar-refractivity contribution in [3.05, 3.63) is 55.8 Å². The number of halogens is 2. The molecule has 0 nitrogen and oxygen atoms in total. The maximum absolute atomic E-state index is 6.35. The average Bonchev–Trinajstić information content (AvgIpc) is 2.71. The maximum Gasteiger partial charge on any atom is 0.0625 e. The van der Waals surface area contributed by atoms with Gasteiger partial charge in [-0.2, -0.15) is 11.3 Å². The van der Waals surface area contributed by atoms with Gasteiger partial charge >= 0.3 is 0 Å². The van der Waals surface area contributed by atoms with Gasteiger partial charge in [0.2, 0.25) is 0 Å². The van der Waals surface area contributed by atoms with E-state index in [1.807, 2.05) is 0 Å². The lowest BCUT2D eigenvalue weighted by Crippen LogP contribution is -1.94. The molecule has 2 rings (SSSR count). The van der Waals surface area contributed by atoms with Gasteiger partial charge in [0.1, 0.15) is 0 Å². The molecule has 1 aromatic heterocycles. The fraction of sp³-hybridized carbons (Fsp3) is 0.167. The van der Waals surface area contributed by atoms with E-state index in [0.29, 0.717) is 0 Å². The minimum absolute atomic E-state index is 0.0802. The molecule has 0 radical (unpaired) electrons. The van der Waals surface area contributed by atoms with Crippen molar-refractivity contribution in [2.24, 2.45) is 0 Å². The van der Waals surface area contributed by atoms with Gasteiger partial charge in [-0.15, -0.1) is 11.6 Å². The van der Waals surface area contributed by atoms with Gasteiger partial charge in [-0.05, 0) is 69.1 Å². The van der Waals surface area contributed by atoms with Crippen LogP contribution in [-0.4, -0.2) is 0 Å². The molecule has 1 heterocycles. The molecule has 0 aliphatic rings. The molecule has 1 atom stereocenters. The molecule has 78 valence electrons. The van der Waals surface area contributed by atoms with E-state index >= 15 is 0 Å². The Hall–Kier alpha value is -0.0600. The molecule has 0 N–H and O–H groups in total. The van der Waals surface area contributed by atoms with Gasteiger partial charge in [0.15, 0.2) is 0 Å². The Balaban J connectivity index is 2.08. The van der Waals surface area contributed by atoms with Gasteiger partial charge in [-0.25, -0.2) is 0 Å². The number of alkyl halides is 1. The molecular weight excluding hydrogens is 339 g/mol. The van der Waals surface area contributed by atoms with Crippen LogP contribution in [0, 0.1) is 3.57 Å². The van der Waals surface area contributed by atoms with E-state index < -0.39 is 0 Å². The Morgan fingerprint density at radius 1 is 1.20 bits per heavy atom. The Kier molecular flexibility index (Phi) is 4.05. The van der Waals surface area contributed by atoms with Crippen molar-refractivity contribution in [1.82, 2.24) is 0 Å². The van der Waals surface area contributed by atoms with Gasteiger partial charge in [0.05, 0.1) is 5.38 Å². The standard InChI is InChI=1S/C12H10ClIS/c13-12(7-9-5-6-15-8-9)10-1-3-11(14)4-2-10/h1-6,8,12H,7H2. The van der Waals surface area contributed by atoms with Crippen LogP contribution in [0.3, 0.4) is 0 Å². The predicted octanol–water partition coefficient (Wildman–Crippen LogP) is 4.88. The highest BCUT2D eigenvalue weighted by atomic mass is 127. The molecule has 0 fully saturated rings. The molecule has 1 unspecified atom stereocenters. The molecule has 2 aromatic rings. The van der Waals surface area contributed by atoms with Crippen LogP contribution in [0.2, 0.25) is 0 Å². The fourth-order valence-corrected chi connectivity index (χ4v) is 2.77. The Bertz CT molecular complexity index is 408. The molecule has 0 spiro atoms. The van der Waals surface area contributed by atoms with Crippen LogP contribution in [0.1, 0.15) is 16.5 Å². The minimum atomic E-state index is 0.0802. The summed E-state index contributed by atoms with van der Waals surface area (Å²) in [6.07, 6.45) is 0.908. The fourth-order valence-electron chi connectivity index (χ4n) is 1.41. The van der Waals surface area contributed by atoms with Crippen molar-refractivity contribution in [2.75, 3.05) is 0 Å². The molecule has 0 aliphatic heterocycles. The summed E-state index contributed by atoms with van der Waals surface area (Å²) >= 11 is 10.4. The van der Waals surface area contributed by atoms with E-state index in [9.17, 15) is 0 Å². The summed E-state index contributed by atoms with van der Waals surface area (Å²) in [5.41, 5.74) is 2.52. The van der Waals surface area contributed by atoms with Gasteiger partial charge in [0.25, 0.3) is 0 Å². The highest BCUT2D eigenvalue weighted by Crippen LogP contribution is 2.26. The summed E-state index contributed by atoms with van der Waals surface area (Å²) < 4.78 is 1.25. The van der Waals surface area contributed by atoms with Crippen LogP contribution in [0.25, 0.3) is 0 Å². The van der Waals surface area contributed by atoms with Crippen molar-refractivity contribution < 1.29 is 0 Å². The van der Waals surface area contributed by atoms with Crippen LogP contribution in [0.15, 0.2) is 41.1 Å². The highest BCUT2D eigenvalue weighted by molar-refractivity contribution is 14.1. The van der Waals surface area contributed by atoms with Crippen LogP contribution in [0.5, 0.6) is 0 Å². The SMILES string of the molecule is ClC(Cc1ccsc1)c1ccc(I)cc1. The monoisotopic (exact) mass is 348 g/mol. The number of benzene rings is 1. The van der Waals surface area contributed by atoms with E-state index in [1.165, 1.54) is 14.7 Å². The second-order valence-electron chi connectivity index (χ2n) is 3.35. The normalized spacial score (nSPS) is 12.7. The first kappa shape index (κ1) is 11.4. The lowest BCUT2D eigenvalue weighted by molar-refractivity contribution is 0.924. The van der Waals surface area contributed by atoms with E-state index in [-0.39, 0.29) is 5.38 Å². The Morgan fingerprint density at radius 2 is 1.93 bits per heavy atom. The van der Waals surface area contributed by atoms with Crippen LogP contribution >= 0.6 is 45.5 Å². The van der Waals surface area contributed by atoms with E-state index in [0.717, 1.165) is 6.42 Å². The lowest BCUT2D eigenvalue weighted by atomic mass is 10.1. The zero-order valence-electron chi connectivity index (χ0n) is 7.99. The number of thiophene rings is 1. The molecule has 0 bridgehead atoms. The summed E-state index contributed by atoms with van der Waals surface area (Å²) in [7, 11) is 0. The van der Waals surface area contributed by atoms with Crippen molar-refractivity contribution in [1.29, 1.82) is 0 Å². The first-order valence-electron chi connectivity index (χ1n) is 4.66. The number of rotatable bonds is 3. The summed E-state index contributed by atoms with van der Waals surface area (Å²) in [6, 6.07) is 10.5. The Morgan fingerprint density at radius 3 is 2.53 bits per heavy atom. The molecule has 15 heavy (non-hydrogen) atoms. The molecule has 0 saturated heterocycles. The number of hydrogen-bond acceptors (Lipinski definition) is 1. The summed E-state index contributed by atoms with van der Waals surface area (Å²) in [6.45, 7) is 0. The average molecular weight is 349 g/mol. The molecule has 0 amide bonds. The molecular formula is C12H10ClIS. The van der Waals surface area contributed by atoms with Gasteiger partial charge in [-0.1, -0.05) is 12.1 Å². The summed E-state index contributed by atoms with van der Waals surface area (Å²) in [5, 5.41) is 4.33. The van der Waals surface area contributed by atoms with Crippen molar-refractivity contribution in [2.45, 2.75) is 11.8 Å². The largest absolute Gasteiger partial charge is 0.152 e. The van der Waals surface area contributed by atoms with Gasteiger partial charge in [0, 0.05) is 3.57 Å². The van der Waals surface area contributed by atoms with Crippen molar-refractivity contribution in [3.63, 3.8) is 0 Å². The highest BCUT2D eigenvalue weighted by Gasteiger charge is 2.08. The summed E-state index contributed by atoms with van der Waals surface area (Å²) in [4.78, 5) is 0. The van der Waals surface area contributed by atoms with Gasteiger partial charge < -0.3 is 0 Å². The van der Waals surface area contributed by atoms with Gasteiger partial charge in [-0.3, -0.25) is 0 Å². The second kappa shape index (κ2) is 5.32. The third-order valence-electron chi connectivity index (χ3n) is 2.23. The zero-order valence-corrected chi connectivity index (χ0v) is 11.7. The third-order valence-corrected chi connectivity index (χ3v) is 4.08. The third kappa shape index (κ3) is 3.20. The molecule has 1 aromatic carbocycles. The smallest absolute Gasteiger partial charge is 0.0625 e. The second-order valence-corrected chi connectivity index (χ2v) is 5.91. The summed E-state index contributed by atoms with van der Waals surface area (Å²) in [5.74, 6) is 0. The topological polar surface area (TPSA) is 0 Å². The molecule has 0 aliphatic carbocycles. The van der Waals surface area contributed by atoms with E-state index in [4.69, 9.17) is 11.6 Å². The van der Waals surface area contributed by atoms with Crippen LogP contribution in [0.4, 0.5) is 0 Å². The van der Waals surface area contributed by atoms with Crippen molar-refractivity contribution >= 4 is 45.5 Å². The first-order chi connectivity index (χ1) is 7.25. The minimum Gasteiger partial charge on any atom is -0.152 e. The quantitative estimate of drug-likeness (QED) is 0.548. The van der Waals surface area contributed by atoms with Crippen molar-refractivity contribution in [3.8, 4) is 0 Å². The van der Waals surface area contributed by atoms with Crippen LogP contribution < -0.4 is 0 Å². The zero-order chi connectivity index (χ0) is 10.7. The molecule has 0 saturated carbocycles. The van der Waals surface area contributed by atoms with E-state index in [1.54, 1.807) is 11.3 Å². The Labute approximate surface area is 112 Å². The van der Waals surface area contributed by atoms with E-state index in [2.05, 4.69) is 63.7 Å². The number of hydrogen-bond donors (Lipinski definition) is 0. The first-order valence-corrected chi connectivity index (χ1v) is 7.12. The maximum atomic E-state index is 6.35. The van der Waals surface area contributed by atoms with Crippen LogP contribution in [-0.2, 0) is 6.42 Å². The lowest BCUT2D eigenvalue weighted by Gasteiger charge is -2.08. The predicted molar refractivity (Wildman–Crippen MR) is 75.8 cm³/mol.